The summed E-state index contributed by atoms with van der Waals surface area (Å²) in [4.78, 5) is 17.0. The molecule has 1 unspecified atom stereocenters. The third kappa shape index (κ3) is 5.47. The standard InChI is InChI=1S/C31H41NO3/c1-6-7-8-9-10-11-13-22-15-17-24(21(2)20-23-16-18-26(35-23)30(33)34-5)29-27(22)28-25(32-29)14-12-19-31(28,3)4/h15-18,20,22H,6-14,19H2,1-5H3/b21-20+. The molecule has 1 atom stereocenters. The van der Waals surface area contributed by atoms with Crippen LogP contribution >= 0.6 is 0 Å². The Morgan fingerprint density at radius 2 is 1.97 bits per heavy atom. The Kier molecular flexibility index (Phi) is 7.98. The minimum Gasteiger partial charge on any atom is -0.463 e. The first-order chi connectivity index (χ1) is 16.9. The fourth-order valence-corrected chi connectivity index (χ4v) is 5.87. The second-order valence-corrected chi connectivity index (χ2v) is 10.9. The van der Waals surface area contributed by atoms with E-state index in [0.29, 0.717) is 11.7 Å². The van der Waals surface area contributed by atoms with Gasteiger partial charge in [-0.25, -0.2) is 4.79 Å². The highest BCUT2D eigenvalue weighted by atomic mass is 16.5. The van der Waals surface area contributed by atoms with Crippen LogP contribution in [0.15, 0.2) is 61.7 Å². The topological polar surface area (TPSA) is 51.8 Å². The summed E-state index contributed by atoms with van der Waals surface area (Å²) in [6.45, 7) is 9.17. The summed E-state index contributed by atoms with van der Waals surface area (Å²) >= 11 is 0. The summed E-state index contributed by atoms with van der Waals surface area (Å²) in [6.07, 6.45) is 19.3. The van der Waals surface area contributed by atoms with Crippen molar-refractivity contribution >= 4 is 17.8 Å². The molecule has 2 aliphatic carbocycles. The summed E-state index contributed by atoms with van der Waals surface area (Å²) < 4.78 is 10.5. The number of rotatable bonds is 10. The fraction of sp³-hybridized carbons (Fsp3) is 0.548. The van der Waals surface area contributed by atoms with Crippen LogP contribution in [0.4, 0.5) is 0 Å². The van der Waals surface area contributed by atoms with Crippen molar-refractivity contribution in [1.82, 2.24) is 0 Å². The number of aliphatic imine (C=N–C) groups is 1. The van der Waals surface area contributed by atoms with Gasteiger partial charge in [0, 0.05) is 17.2 Å². The molecule has 0 N–H and O–H groups in total. The zero-order valence-corrected chi connectivity index (χ0v) is 22.2. The first-order valence-electron chi connectivity index (χ1n) is 13.5. The number of methoxy groups -OCH3 is 1. The van der Waals surface area contributed by atoms with Gasteiger partial charge in [-0.2, -0.15) is 0 Å². The van der Waals surface area contributed by atoms with Crippen LogP contribution in [0.5, 0.6) is 0 Å². The molecule has 0 aromatic carbocycles. The zero-order valence-electron chi connectivity index (χ0n) is 22.2. The lowest BCUT2D eigenvalue weighted by atomic mass is 9.68. The van der Waals surface area contributed by atoms with Crippen LogP contribution in [0.2, 0.25) is 0 Å². The van der Waals surface area contributed by atoms with Crippen molar-refractivity contribution < 1.29 is 13.9 Å². The Morgan fingerprint density at radius 3 is 2.74 bits per heavy atom. The van der Waals surface area contributed by atoms with Crippen LogP contribution in [-0.2, 0) is 4.74 Å². The van der Waals surface area contributed by atoms with Gasteiger partial charge >= 0.3 is 5.97 Å². The van der Waals surface area contributed by atoms with Crippen molar-refractivity contribution in [3.8, 4) is 0 Å². The van der Waals surface area contributed by atoms with Gasteiger partial charge in [-0.1, -0.05) is 71.4 Å². The number of carbonyl (C=O) groups is 1. The molecule has 188 valence electrons. The molecule has 0 saturated heterocycles. The normalized spacial score (nSPS) is 21.2. The van der Waals surface area contributed by atoms with Gasteiger partial charge in [0.2, 0.25) is 5.76 Å². The molecule has 1 aromatic rings. The average molecular weight is 476 g/mol. The maximum absolute atomic E-state index is 11.8. The highest BCUT2D eigenvalue weighted by molar-refractivity contribution is 6.07. The lowest BCUT2D eigenvalue weighted by molar-refractivity contribution is 0.0564. The van der Waals surface area contributed by atoms with E-state index in [9.17, 15) is 4.79 Å². The molecule has 0 spiro atoms. The van der Waals surface area contributed by atoms with Crippen molar-refractivity contribution in [2.24, 2.45) is 16.3 Å². The summed E-state index contributed by atoms with van der Waals surface area (Å²) in [5.41, 5.74) is 7.88. The van der Waals surface area contributed by atoms with E-state index < -0.39 is 5.97 Å². The van der Waals surface area contributed by atoms with Crippen LogP contribution in [0, 0.1) is 11.3 Å². The summed E-state index contributed by atoms with van der Waals surface area (Å²) in [7, 11) is 1.36. The molecular formula is C31H41NO3. The third-order valence-corrected chi connectivity index (χ3v) is 7.74. The highest BCUT2D eigenvalue weighted by Crippen LogP contribution is 2.51. The first kappa shape index (κ1) is 25.5. The predicted molar refractivity (Wildman–Crippen MR) is 143 cm³/mol. The smallest absolute Gasteiger partial charge is 0.373 e. The Morgan fingerprint density at radius 1 is 1.20 bits per heavy atom. The second kappa shape index (κ2) is 11.0. The zero-order chi connectivity index (χ0) is 25.0. The molecule has 4 heteroatoms. The molecular weight excluding hydrogens is 434 g/mol. The van der Waals surface area contributed by atoms with Gasteiger partial charge in [0.1, 0.15) is 5.76 Å². The Balaban J connectivity index is 1.63. The number of hydrogen-bond acceptors (Lipinski definition) is 4. The van der Waals surface area contributed by atoms with Gasteiger partial charge in [0.25, 0.3) is 0 Å². The number of hydrogen-bond donors (Lipinski definition) is 0. The van der Waals surface area contributed by atoms with E-state index >= 15 is 0 Å². The number of esters is 1. The quantitative estimate of drug-likeness (QED) is 0.251. The predicted octanol–water partition coefficient (Wildman–Crippen LogP) is 8.62. The monoisotopic (exact) mass is 475 g/mol. The number of furan rings is 1. The average Bonchev–Trinajstić information content (AvgIpc) is 3.46. The van der Waals surface area contributed by atoms with Gasteiger partial charge < -0.3 is 9.15 Å². The van der Waals surface area contributed by atoms with Crippen molar-refractivity contribution in [2.75, 3.05) is 7.11 Å². The molecule has 1 saturated carbocycles. The van der Waals surface area contributed by atoms with Crippen LogP contribution in [0.1, 0.15) is 108 Å². The molecule has 2 heterocycles. The largest absolute Gasteiger partial charge is 0.463 e. The minimum absolute atomic E-state index is 0.165. The Labute approximate surface area is 210 Å². The molecule has 1 fully saturated rings. The lowest BCUT2D eigenvalue weighted by Gasteiger charge is -2.35. The number of fused-ring (bicyclic) bond motifs is 2. The molecule has 4 nitrogen and oxygen atoms in total. The fourth-order valence-electron chi connectivity index (χ4n) is 5.87. The molecule has 0 bridgehead atoms. The van der Waals surface area contributed by atoms with Gasteiger partial charge in [-0.3, -0.25) is 4.99 Å². The van der Waals surface area contributed by atoms with E-state index in [1.165, 1.54) is 87.3 Å². The molecule has 0 amide bonds. The highest BCUT2D eigenvalue weighted by Gasteiger charge is 2.41. The van der Waals surface area contributed by atoms with Crippen LogP contribution < -0.4 is 0 Å². The maximum Gasteiger partial charge on any atom is 0.373 e. The van der Waals surface area contributed by atoms with E-state index in [0.717, 1.165) is 17.7 Å². The van der Waals surface area contributed by atoms with Crippen LogP contribution in [-0.4, -0.2) is 18.8 Å². The SMILES string of the molecule is CCCCCCCCC1C=CC(/C(C)=C/c2ccc(C(=O)OC)o2)=C2N=C3CCCC(C)(C)C3=C21. The van der Waals surface area contributed by atoms with E-state index in [1.807, 2.05) is 12.1 Å². The molecule has 1 aliphatic heterocycles. The number of nitrogens with zero attached hydrogens (tertiary/aromatic N) is 1. The summed E-state index contributed by atoms with van der Waals surface area (Å²) in [6, 6.07) is 3.48. The molecule has 1 aromatic heterocycles. The molecule has 4 rings (SSSR count). The molecule has 3 aliphatic rings. The third-order valence-electron chi connectivity index (χ3n) is 7.74. The van der Waals surface area contributed by atoms with Crippen molar-refractivity contribution in [2.45, 2.75) is 91.9 Å². The molecule has 0 radical (unpaired) electrons. The number of unbranched alkanes of at least 4 members (excludes halogenated alkanes) is 5. The van der Waals surface area contributed by atoms with Crippen molar-refractivity contribution in [3.63, 3.8) is 0 Å². The van der Waals surface area contributed by atoms with Gasteiger partial charge in [-0.05, 0) is 73.0 Å². The van der Waals surface area contributed by atoms with Crippen LogP contribution in [0.3, 0.4) is 0 Å². The van der Waals surface area contributed by atoms with E-state index in [2.05, 4.69) is 39.8 Å². The number of allylic oxidation sites excluding steroid dienone is 6. The summed E-state index contributed by atoms with van der Waals surface area (Å²) in [5, 5.41) is 0. The second-order valence-electron chi connectivity index (χ2n) is 10.9. The van der Waals surface area contributed by atoms with Gasteiger partial charge in [-0.15, -0.1) is 0 Å². The lowest BCUT2D eigenvalue weighted by Crippen LogP contribution is -2.27. The number of ether oxygens (including phenoxy) is 1. The first-order valence-corrected chi connectivity index (χ1v) is 13.5. The van der Waals surface area contributed by atoms with Gasteiger partial charge in [0.15, 0.2) is 0 Å². The van der Waals surface area contributed by atoms with E-state index in [4.69, 9.17) is 14.1 Å². The number of carbonyl (C=O) groups excluding carboxylic acids is 1. The van der Waals surface area contributed by atoms with Gasteiger partial charge in [0.05, 0.1) is 12.8 Å². The van der Waals surface area contributed by atoms with Crippen molar-refractivity contribution in [1.29, 1.82) is 0 Å². The van der Waals surface area contributed by atoms with E-state index in [-0.39, 0.29) is 11.2 Å². The van der Waals surface area contributed by atoms with Crippen LogP contribution in [0.25, 0.3) is 6.08 Å². The minimum atomic E-state index is -0.458. The van der Waals surface area contributed by atoms with E-state index in [1.54, 1.807) is 6.07 Å². The Hall–Kier alpha value is -2.62. The molecule has 35 heavy (non-hydrogen) atoms. The summed E-state index contributed by atoms with van der Waals surface area (Å²) in [5.74, 6) is 0.853. The van der Waals surface area contributed by atoms with Crippen molar-refractivity contribution in [3.05, 3.63) is 63.8 Å². The maximum atomic E-state index is 11.8. The Bertz CT molecular complexity index is 1110.